The van der Waals surface area contributed by atoms with E-state index in [0.717, 1.165) is 22.3 Å². The number of hydrogen-bond acceptors (Lipinski definition) is 7. The first-order valence-corrected chi connectivity index (χ1v) is 17.4. The molecule has 3 aliphatic rings. The number of carboxylic acids is 1. The summed E-state index contributed by atoms with van der Waals surface area (Å²) < 4.78 is 5.85. The summed E-state index contributed by atoms with van der Waals surface area (Å²) in [7, 11) is 1.52. The zero-order chi connectivity index (χ0) is 36.1. The third kappa shape index (κ3) is 7.76. The predicted octanol–water partition coefficient (Wildman–Crippen LogP) is 2.97. The molecule has 0 unspecified atom stereocenters. The van der Waals surface area contributed by atoms with E-state index < -0.39 is 60.5 Å². The van der Waals surface area contributed by atoms with Crippen LogP contribution in [-0.2, 0) is 28.7 Å². The van der Waals surface area contributed by atoms with Crippen molar-refractivity contribution in [2.75, 3.05) is 33.3 Å². The highest BCUT2D eigenvalue weighted by Gasteiger charge is 2.42. The number of carboxylic acid groups (broad SMARTS) is 1. The van der Waals surface area contributed by atoms with Crippen molar-refractivity contribution in [2.45, 2.75) is 83.0 Å². The Morgan fingerprint density at radius 3 is 2.06 bits per heavy atom. The Morgan fingerprint density at radius 1 is 0.880 bits per heavy atom. The fourth-order valence-electron chi connectivity index (χ4n) is 7.31. The molecular formula is C37H47N5O8. The van der Waals surface area contributed by atoms with E-state index in [1.807, 2.05) is 50.2 Å². The predicted molar refractivity (Wildman–Crippen MR) is 184 cm³/mol. The largest absolute Gasteiger partial charge is 0.480 e. The number of carbonyl (C=O) groups is 6. The van der Waals surface area contributed by atoms with Crippen LogP contribution < -0.4 is 10.6 Å². The van der Waals surface area contributed by atoms with Gasteiger partial charge in [-0.3, -0.25) is 28.9 Å². The molecule has 0 saturated carbocycles. The number of nitrogens with one attached hydrogen (secondary N) is 2. The molecule has 0 spiro atoms. The maximum atomic E-state index is 13.8. The Bertz CT molecular complexity index is 1580. The van der Waals surface area contributed by atoms with Crippen LogP contribution in [0.15, 0.2) is 48.5 Å². The van der Waals surface area contributed by atoms with E-state index in [9.17, 15) is 28.8 Å². The highest BCUT2D eigenvalue weighted by Crippen LogP contribution is 2.44. The van der Waals surface area contributed by atoms with Gasteiger partial charge >= 0.3 is 12.1 Å². The van der Waals surface area contributed by atoms with Gasteiger partial charge in [-0.25, -0.2) is 4.79 Å². The highest BCUT2D eigenvalue weighted by atomic mass is 16.6. The molecular weight excluding hydrogens is 642 g/mol. The van der Waals surface area contributed by atoms with Crippen molar-refractivity contribution in [3.8, 4) is 11.1 Å². The summed E-state index contributed by atoms with van der Waals surface area (Å²) in [5, 5.41) is 14.0. The van der Waals surface area contributed by atoms with Crippen LogP contribution in [0, 0.1) is 5.92 Å². The molecule has 1 aliphatic carbocycles. The van der Waals surface area contributed by atoms with E-state index in [2.05, 4.69) is 22.8 Å². The van der Waals surface area contributed by atoms with Crippen molar-refractivity contribution in [1.82, 2.24) is 25.3 Å². The number of fused-ring (bicyclic) bond motifs is 3. The first kappa shape index (κ1) is 36.3. The van der Waals surface area contributed by atoms with Crippen LogP contribution in [0.2, 0.25) is 0 Å². The topological polar surface area (TPSA) is 166 Å². The maximum Gasteiger partial charge on any atom is 0.410 e. The lowest BCUT2D eigenvalue weighted by Gasteiger charge is -2.34. The second kappa shape index (κ2) is 15.7. The Balaban J connectivity index is 1.20. The second-order valence-electron chi connectivity index (χ2n) is 13.8. The Labute approximate surface area is 292 Å². The smallest absolute Gasteiger partial charge is 0.410 e. The van der Waals surface area contributed by atoms with E-state index in [0.29, 0.717) is 38.8 Å². The van der Waals surface area contributed by atoms with Gasteiger partial charge in [0.1, 0.15) is 37.3 Å². The number of hydrogen-bond donors (Lipinski definition) is 3. The molecule has 13 nitrogen and oxygen atoms in total. The van der Waals surface area contributed by atoms with Gasteiger partial charge in [0.2, 0.25) is 23.6 Å². The van der Waals surface area contributed by atoms with Crippen molar-refractivity contribution >= 4 is 35.7 Å². The van der Waals surface area contributed by atoms with Crippen LogP contribution in [0.4, 0.5) is 4.79 Å². The zero-order valence-electron chi connectivity index (χ0n) is 29.1. The quantitative estimate of drug-likeness (QED) is 0.306. The molecule has 268 valence electrons. The number of likely N-dealkylation sites (tertiary alicyclic amines) is 2. The van der Waals surface area contributed by atoms with Crippen molar-refractivity contribution in [3.05, 3.63) is 59.7 Å². The Morgan fingerprint density at radius 2 is 1.46 bits per heavy atom. The van der Waals surface area contributed by atoms with Crippen molar-refractivity contribution < 1.29 is 38.6 Å². The third-order valence-corrected chi connectivity index (χ3v) is 9.99. The van der Waals surface area contributed by atoms with Gasteiger partial charge < -0.3 is 30.3 Å². The van der Waals surface area contributed by atoms with Crippen LogP contribution in [-0.4, -0.2) is 113 Å². The molecule has 2 aromatic rings. The van der Waals surface area contributed by atoms with Gasteiger partial charge in [0.15, 0.2) is 0 Å². The molecule has 5 amide bonds. The fraction of sp³-hybridized carbons (Fsp3) is 0.514. The summed E-state index contributed by atoms with van der Waals surface area (Å²) in [5.74, 6) is -3.21. The number of rotatable bonds is 12. The van der Waals surface area contributed by atoms with Gasteiger partial charge in [-0.2, -0.15) is 0 Å². The molecule has 0 radical (unpaired) electrons. The summed E-state index contributed by atoms with van der Waals surface area (Å²) in [5.41, 5.74) is 4.42. The zero-order valence-corrected chi connectivity index (χ0v) is 29.1. The van der Waals surface area contributed by atoms with Crippen LogP contribution in [0.25, 0.3) is 11.1 Å². The van der Waals surface area contributed by atoms with Crippen LogP contribution in [0.3, 0.4) is 0 Å². The normalized spacial score (nSPS) is 19.4. The van der Waals surface area contributed by atoms with Crippen LogP contribution in [0.1, 0.15) is 69.9 Å². The Hall–Kier alpha value is -4.94. The summed E-state index contributed by atoms with van der Waals surface area (Å²) in [4.78, 5) is 82.2. The molecule has 2 aromatic carbocycles. The minimum Gasteiger partial charge on any atom is -0.480 e. The Kier molecular flexibility index (Phi) is 11.4. The molecule has 5 rings (SSSR count). The first-order chi connectivity index (χ1) is 23.9. The number of aliphatic carboxylic acids is 1. The molecule has 2 fully saturated rings. The molecule has 2 aliphatic heterocycles. The van der Waals surface area contributed by atoms with Crippen molar-refractivity contribution in [3.63, 3.8) is 0 Å². The number of likely N-dealkylation sites (N-methyl/N-ethyl adjacent to an activating group) is 1. The fourth-order valence-corrected chi connectivity index (χ4v) is 7.31. The minimum absolute atomic E-state index is 0.0282. The third-order valence-electron chi connectivity index (χ3n) is 9.99. The van der Waals surface area contributed by atoms with Gasteiger partial charge in [0.05, 0.1) is 0 Å². The number of benzene rings is 2. The van der Waals surface area contributed by atoms with Gasteiger partial charge in [-0.1, -0.05) is 62.4 Å². The number of ether oxygens (including phenoxy) is 1. The van der Waals surface area contributed by atoms with E-state index in [1.165, 1.54) is 21.7 Å². The lowest BCUT2D eigenvalue weighted by atomic mass is 9.98. The lowest BCUT2D eigenvalue weighted by molar-refractivity contribution is -0.148. The minimum atomic E-state index is -1.20. The van der Waals surface area contributed by atoms with E-state index >= 15 is 0 Å². The molecule has 13 heteroatoms. The summed E-state index contributed by atoms with van der Waals surface area (Å²) in [6, 6.07) is 12.6. The number of amides is 5. The second-order valence-corrected chi connectivity index (χ2v) is 13.8. The monoisotopic (exact) mass is 689 g/mol. The maximum absolute atomic E-state index is 13.8. The van der Waals surface area contributed by atoms with Crippen LogP contribution >= 0.6 is 0 Å². The van der Waals surface area contributed by atoms with Crippen molar-refractivity contribution in [2.24, 2.45) is 5.92 Å². The summed E-state index contributed by atoms with van der Waals surface area (Å²) in [6.45, 7) is 5.57. The molecule has 0 bridgehead atoms. The molecule has 2 heterocycles. The molecule has 3 N–H and O–H groups in total. The van der Waals surface area contributed by atoms with E-state index in [4.69, 9.17) is 9.84 Å². The highest BCUT2D eigenvalue weighted by molar-refractivity contribution is 5.96. The number of nitrogens with zero attached hydrogens (tertiary/aromatic N) is 3. The van der Waals surface area contributed by atoms with E-state index in [1.54, 1.807) is 6.92 Å². The summed E-state index contributed by atoms with van der Waals surface area (Å²) in [6.07, 6.45) is 1.70. The molecule has 50 heavy (non-hydrogen) atoms. The number of carbonyl (C=O) groups excluding carboxylic acids is 5. The lowest BCUT2D eigenvalue weighted by Crippen LogP contribution is -2.57. The van der Waals surface area contributed by atoms with E-state index in [-0.39, 0.29) is 30.8 Å². The molecule has 2 saturated heterocycles. The standard InChI is InChI=1S/C37H47N5O8/c1-22(2)19-29(33(45)38-20-32(43)44)39-34(46)30-15-9-17-41(30)35(47)23(3)40(4)36(48)31-16-10-18-42(31)37(49)50-21-28-26-13-7-5-11-24(26)25-12-6-8-14-27(25)28/h5-8,11-14,22-23,28-31H,9-10,15-21H2,1-4H3,(H,38,45)(H,39,46)(H,43,44)/t23-,29-,30-,31-/m0/s1. The first-order valence-electron chi connectivity index (χ1n) is 17.4. The van der Waals surface area contributed by atoms with Gasteiger partial charge in [-0.05, 0) is 67.2 Å². The average molecular weight is 690 g/mol. The van der Waals surface area contributed by atoms with Gasteiger partial charge in [0, 0.05) is 26.1 Å². The van der Waals surface area contributed by atoms with Gasteiger partial charge in [-0.15, -0.1) is 0 Å². The molecule has 4 atom stereocenters. The van der Waals surface area contributed by atoms with Crippen molar-refractivity contribution in [1.29, 1.82) is 0 Å². The van der Waals surface area contributed by atoms with Gasteiger partial charge in [0.25, 0.3) is 0 Å². The molecule has 0 aromatic heterocycles. The summed E-state index contributed by atoms with van der Waals surface area (Å²) >= 11 is 0. The van der Waals surface area contributed by atoms with Crippen LogP contribution in [0.5, 0.6) is 0 Å². The average Bonchev–Trinajstić information content (AvgIpc) is 3.86. The SMILES string of the molecule is CC(C)C[C@H](NC(=O)[C@@H]1CCCN1C(=O)[C@H](C)N(C)C(=O)[C@@H]1CCCN1C(=O)OCC1c2ccccc2-c2ccccc21)C(=O)NCC(=O)O.